The van der Waals surface area contributed by atoms with Gasteiger partial charge in [-0.3, -0.25) is 4.98 Å². The first kappa shape index (κ1) is 15.5. The molecule has 2 heterocycles. The lowest BCUT2D eigenvalue weighted by molar-refractivity contribution is -0.177. The summed E-state index contributed by atoms with van der Waals surface area (Å²) in [6, 6.07) is 5.32. The molecule has 7 heteroatoms. The molecular weight excluding hydrogens is 318 g/mol. The fourth-order valence-corrected chi connectivity index (χ4v) is 2.49. The normalized spacial score (nSPS) is 10.8. The van der Waals surface area contributed by atoms with E-state index in [0.717, 1.165) is 11.1 Å². The number of hydrogen-bond donors (Lipinski definition) is 0. The number of halogens is 1. The highest BCUT2D eigenvalue weighted by Gasteiger charge is 2.15. The molecule has 0 aliphatic rings. The molecule has 0 saturated carbocycles. The van der Waals surface area contributed by atoms with E-state index in [-0.39, 0.29) is 0 Å². The van der Waals surface area contributed by atoms with Crippen molar-refractivity contribution in [2.24, 2.45) is 0 Å². The fraction of sp³-hybridized carbons (Fsp3) is 0.188. The van der Waals surface area contributed by atoms with Gasteiger partial charge < -0.3 is 9.62 Å². The van der Waals surface area contributed by atoms with E-state index in [0.29, 0.717) is 33.4 Å². The van der Waals surface area contributed by atoms with Crippen molar-refractivity contribution < 1.29 is 14.5 Å². The van der Waals surface area contributed by atoms with Gasteiger partial charge >= 0.3 is 0 Å². The van der Waals surface area contributed by atoms with Crippen LogP contribution in [-0.4, -0.2) is 29.2 Å². The highest BCUT2D eigenvalue weighted by Crippen LogP contribution is 2.37. The Balaban J connectivity index is 2.26. The van der Waals surface area contributed by atoms with Crippen molar-refractivity contribution in [3.05, 3.63) is 41.3 Å². The average molecular weight is 332 g/mol. The summed E-state index contributed by atoms with van der Waals surface area (Å²) in [6.45, 7) is 1.87. The van der Waals surface area contributed by atoms with Crippen LogP contribution >= 0.6 is 11.6 Å². The van der Waals surface area contributed by atoms with Gasteiger partial charge in [0.05, 0.1) is 37.3 Å². The number of rotatable bonds is 4. The number of nitrogens with zero attached hydrogens (tertiary/aromatic N) is 3. The maximum atomic E-state index is 6.38. The Hall–Kier alpha value is -2.44. The second-order valence-corrected chi connectivity index (χ2v) is 5.16. The molecule has 3 rings (SSSR count). The Bertz CT molecular complexity index is 871. The van der Waals surface area contributed by atoms with E-state index in [4.69, 9.17) is 21.2 Å². The minimum Gasteiger partial charge on any atom is -0.496 e. The number of hydrogen-bond acceptors (Lipinski definition) is 6. The number of aryl methyl sites for hydroxylation is 1. The highest BCUT2D eigenvalue weighted by atomic mass is 35.5. The summed E-state index contributed by atoms with van der Waals surface area (Å²) in [6.07, 6.45) is 3.32. The van der Waals surface area contributed by atoms with Gasteiger partial charge in [-0.2, -0.15) is 4.89 Å². The van der Waals surface area contributed by atoms with Crippen molar-refractivity contribution >= 4 is 22.5 Å². The average Bonchev–Trinajstić information content (AvgIpc) is 2.56. The molecule has 0 radical (unpaired) electrons. The number of fused-ring (bicyclic) bond motifs is 1. The van der Waals surface area contributed by atoms with Crippen LogP contribution in [0.4, 0.5) is 0 Å². The van der Waals surface area contributed by atoms with Crippen molar-refractivity contribution in [2.45, 2.75) is 6.92 Å². The maximum Gasteiger partial charge on any atom is 0.186 e. The molecule has 2 aromatic heterocycles. The van der Waals surface area contributed by atoms with Crippen LogP contribution in [0.1, 0.15) is 5.69 Å². The molecule has 118 valence electrons. The second kappa shape index (κ2) is 6.36. The van der Waals surface area contributed by atoms with Crippen LogP contribution in [0.15, 0.2) is 30.6 Å². The van der Waals surface area contributed by atoms with Crippen molar-refractivity contribution in [3.8, 4) is 22.9 Å². The van der Waals surface area contributed by atoms with Gasteiger partial charge in [0.25, 0.3) is 0 Å². The minimum atomic E-state index is 0.338. The molecule has 0 atom stereocenters. The summed E-state index contributed by atoms with van der Waals surface area (Å²) in [5.74, 6) is 1.02. The molecule has 1 aromatic carbocycles. The molecule has 0 N–H and O–H groups in total. The third-order valence-electron chi connectivity index (χ3n) is 3.26. The topological polar surface area (TPSA) is 66.4 Å². The zero-order valence-electron chi connectivity index (χ0n) is 12.8. The van der Waals surface area contributed by atoms with Crippen LogP contribution in [-0.2, 0) is 4.89 Å². The summed E-state index contributed by atoms with van der Waals surface area (Å²) in [5.41, 5.74) is 2.59. The van der Waals surface area contributed by atoms with E-state index in [1.165, 1.54) is 7.11 Å². The SMILES string of the molecule is COOc1ccc2c(OC)cc(-c3cncc(C)n3)nc2c1Cl. The molecule has 6 nitrogen and oxygen atoms in total. The van der Waals surface area contributed by atoms with E-state index in [9.17, 15) is 0 Å². The molecule has 0 aliphatic heterocycles. The van der Waals surface area contributed by atoms with E-state index in [2.05, 4.69) is 19.8 Å². The molecule has 0 bridgehead atoms. The molecule has 0 saturated heterocycles. The van der Waals surface area contributed by atoms with Crippen LogP contribution in [0, 0.1) is 6.92 Å². The van der Waals surface area contributed by atoms with Gasteiger partial charge in [0, 0.05) is 17.6 Å². The molecular formula is C16H14ClN3O3. The first-order chi connectivity index (χ1) is 11.1. The number of methoxy groups -OCH3 is 1. The Morgan fingerprint density at radius 2 is 1.83 bits per heavy atom. The van der Waals surface area contributed by atoms with E-state index in [1.54, 1.807) is 31.6 Å². The van der Waals surface area contributed by atoms with Crippen LogP contribution in [0.5, 0.6) is 11.5 Å². The monoisotopic (exact) mass is 331 g/mol. The zero-order valence-corrected chi connectivity index (χ0v) is 13.6. The third kappa shape index (κ3) is 2.91. The largest absolute Gasteiger partial charge is 0.496 e. The van der Waals surface area contributed by atoms with Crippen LogP contribution < -0.4 is 9.62 Å². The van der Waals surface area contributed by atoms with Crippen molar-refractivity contribution in [2.75, 3.05) is 14.2 Å². The predicted octanol–water partition coefficient (Wildman–Crippen LogP) is 3.60. The zero-order chi connectivity index (χ0) is 16.4. The van der Waals surface area contributed by atoms with Gasteiger partial charge in [0.15, 0.2) is 5.75 Å². The van der Waals surface area contributed by atoms with Crippen molar-refractivity contribution in [3.63, 3.8) is 0 Å². The second-order valence-electron chi connectivity index (χ2n) is 4.78. The number of ether oxygens (including phenoxy) is 1. The van der Waals surface area contributed by atoms with Crippen LogP contribution in [0.2, 0.25) is 5.02 Å². The fourth-order valence-electron chi connectivity index (χ4n) is 2.25. The van der Waals surface area contributed by atoms with Gasteiger partial charge in [0.1, 0.15) is 16.5 Å². The lowest BCUT2D eigenvalue weighted by Crippen LogP contribution is -1.97. The van der Waals surface area contributed by atoms with Crippen LogP contribution in [0.25, 0.3) is 22.3 Å². The van der Waals surface area contributed by atoms with Crippen molar-refractivity contribution in [1.29, 1.82) is 0 Å². The van der Waals surface area contributed by atoms with E-state index < -0.39 is 0 Å². The standard InChI is InChI=1S/C16H14ClN3O3/c1-9-7-18-8-12(19-9)11-6-14(21-2)10-4-5-13(23-22-3)15(17)16(10)20-11/h4-8H,1-3H3. The first-order valence-electron chi connectivity index (χ1n) is 6.81. The number of pyridine rings is 1. The van der Waals surface area contributed by atoms with E-state index >= 15 is 0 Å². The Kier molecular flexibility index (Phi) is 4.27. The predicted molar refractivity (Wildman–Crippen MR) is 86.7 cm³/mol. The minimum absolute atomic E-state index is 0.338. The molecule has 0 amide bonds. The molecule has 0 unspecified atom stereocenters. The summed E-state index contributed by atoms with van der Waals surface area (Å²) < 4.78 is 5.46. The Morgan fingerprint density at radius 3 is 2.52 bits per heavy atom. The van der Waals surface area contributed by atoms with Gasteiger partial charge in [0.2, 0.25) is 0 Å². The summed E-state index contributed by atoms with van der Waals surface area (Å²) in [4.78, 5) is 22.9. The maximum absolute atomic E-state index is 6.38. The van der Waals surface area contributed by atoms with Gasteiger partial charge in [-0.1, -0.05) is 11.6 Å². The molecule has 0 fully saturated rings. The van der Waals surface area contributed by atoms with Gasteiger partial charge in [-0.25, -0.2) is 9.97 Å². The summed E-state index contributed by atoms with van der Waals surface area (Å²) >= 11 is 6.38. The summed E-state index contributed by atoms with van der Waals surface area (Å²) in [5, 5.41) is 1.11. The molecule has 23 heavy (non-hydrogen) atoms. The number of aromatic nitrogens is 3. The van der Waals surface area contributed by atoms with Gasteiger partial charge in [-0.05, 0) is 19.1 Å². The van der Waals surface area contributed by atoms with Crippen molar-refractivity contribution in [1.82, 2.24) is 15.0 Å². The lowest BCUT2D eigenvalue weighted by Gasteiger charge is -2.11. The first-order valence-corrected chi connectivity index (χ1v) is 7.18. The molecule has 0 aliphatic carbocycles. The van der Waals surface area contributed by atoms with Gasteiger partial charge in [-0.15, -0.1) is 0 Å². The molecule has 0 spiro atoms. The Labute approximate surface area is 137 Å². The third-order valence-corrected chi connectivity index (χ3v) is 3.62. The quantitative estimate of drug-likeness (QED) is 0.537. The highest BCUT2D eigenvalue weighted by molar-refractivity contribution is 6.36. The summed E-state index contributed by atoms with van der Waals surface area (Å²) in [7, 11) is 3.00. The van der Waals surface area contributed by atoms with E-state index in [1.807, 2.05) is 13.0 Å². The Morgan fingerprint density at radius 1 is 1.00 bits per heavy atom. The van der Waals surface area contributed by atoms with Crippen LogP contribution in [0.3, 0.4) is 0 Å². The number of benzene rings is 1. The lowest BCUT2D eigenvalue weighted by atomic mass is 10.1. The molecule has 3 aromatic rings. The smallest absolute Gasteiger partial charge is 0.186 e.